The second-order valence-electron chi connectivity index (χ2n) is 7.60. The number of carbonyl (C=O) groups is 3. The van der Waals surface area contributed by atoms with E-state index in [4.69, 9.17) is 9.15 Å². The summed E-state index contributed by atoms with van der Waals surface area (Å²) in [6.45, 7) is 6.22. The highest BCUT2D eigenvalue weighted by Gasteiger charge is 2.35. The van der Waals surface area contributed by atoms with Crippen LogP contribution in [0.25, 0.3) is 0 Å². The summed E-state index contributed by atoms with van der Waals surface area (Å²) < 4.78 is 10.4. The predicted octanol–water partition coefficient (Wildman–Crippen LogP) is 3.24. The Morgan fingerprint density at radius 2 is 2.07 bits per heavy atom. The Morgan fingerprint density at radius 1 is 1.28 bits per heavy atom. The van der Waals surface area contributed by atoms with Gasteiger partial charge in [0, 0.05) is 18.7 Å². The van der Waals surface area contributed by atoms with Gasteiger partial charge in [0.1, 0.15) is 5.76 Å². The monoisotopic (exact) mass is 398 g/mol. The van der Waals surface area contributed by atoms with E-state index in [1.54, 1.807) is 23.3 Å². The van der Waals surface area contributed by atoms with E-state index < -0.39 is 17.8 Å². The molecule has 0 bridgehead atoms. The van der Waals surface area contributed by atoms with Gasteiger partial charge >= 0.3 is 5.97 Å². The molecule has 1 aliphatic rings. The smallest absolute Gasteiger partial charge is 0.311 e. The van der Waals surface area contributed by atoms with Crippen LogP contribution in [0.4, 0.5) is 5.69 Å². The van der Waals surface area contributed by atoms with E-state index in [0.29, 0.717) is 12.3 Å². The number of anilines is 1. The van der Waals surface area contributed by atoms with Crippen molar-refractivity contribution in [3.05, 3.63) is 53.5 Å². The third kappa shape index (κ3) is 5.04. The van der Waals surface area contributed by atoms with Crippen LogP contribution in [0.5, 0.6) is 0 Å². The number of likely N-dealkylation sites (tertiary alicyclic amines) is 1. The number of nitrogens with one attached hydrogen (secondary N) is 1. The second kappa shape index (κ2) is 8.94. The average Bonchev–Trinajstić information content (AvgIpc) is 3.31. The van der Waals surface area contributed by atoms with Crippen molar-refractivity contribution in [1.82, 2.24) is 4.90 Å². The number of para-hydroxylation sites is 1. The first kappa shape index (κ1) is 20.6. The molecule has 1 atom stereocenters. The summed E-state index contributed by atoms with van der Waals surface area (Å²) >= 11 is 0. The predicted molar refractivity (Wildman–Crippen MR) is 107 cm³/mol. The Kier molecular flexibility index (Phi) is 6.36. The van der Waals surface area contributed by atoms with Gasteiger partial charge in [0.15, 0.2) is 6.61 Å². The number of hydrogen-bond acceptors (Lipinski definition) is 5. The summed E-state index contributed by atoms with van der Waals surface area (Å²) in [6.07, 6.45) is 1.62. The first-order valence-corrected chi connectivity index (χ1v) is 9.71. The molecule has 0 radical (unpaired) electrons. The summed E-state index contributed by atoms with van der Waals surface area (Å²) in [5.41, 5.74) is 2.73. The maximum Gasteiger partial charge on any atom is 0.311 e. The fourth-order valence-electron chi connectivity index (χ4n) is 3.45. The number of amides is 2. The van der Waals surface area contributed by atoms with E-state index in [9.17, 15) is 14.4 Å². The van der Waals surface area contributed by atoms with Crippen molar-refractivity contribution in [3.8, 4) is 0 Å². The molecule has 0 spiro atoms. The van der Waals surface area contributed by atoms with Crippen LogP contribution in [0.1, 0.15) is 43.1 Å². The zero-order valence-corrected chi connectivity index (χ0v) is 16.9. The lowest BCUT2D eigenvalue weighted by Gasteiger charge is -2.17. The van der Waals surface area contributed by atoms with E-state index in [1.807, 2.05) is 25.1 Å². The molecule has 1 fully saturated rings. The van der Waals surface area contributed by atoms with Crippen molar-refractivity contribution in [2.75, 3.05) is 18.5 Å². The number of nitrogens with zero attached hydrogens (tertiary/aromatic N) is 1. The van der Waals surface area contributed by atoms with E-state index in [2.05, 4.69) is 19.2 Å². The number of hydrogen-bond donors (Lipinski definition) is 1. The molecule has 7 nitrogen and oxygen atoms in total. The van der Waals surface area contributed by atoms with Crippen LogP contribution >= 0.6 is 0 Å². The number of ether oxygens (including phenoxy) is 1. The molecule has 154 valence electrons. The molecule has 0 aliphatic carbocycles. The third-order valence-electron chi connectivity index (χ3n) is 5.01. The van der Waals surface area contributed by atoms with Gasteiger partial charge in [-0.1, -0.05) is 32.0 Å². The van der Waals surface area contributed by atoms with Gasteiger partial charge in [0.2, 0.25) is 5.91 Å². The fourth-order valence-corrected chi connectivity index (χ4v) is 3.45. The molecule has 1 saturated heterocycles. The summed E-state index contributed by atoms with van der Waals surface area (Å²) in [6, 6.07) is 9.37. The van der Waals surface area contributed by atoms with Crippen LogP contribution in [0, 0.1) is 12.8 Å². The summed E-state index contributed by atoms with van der Waals surface area (Å²) in [4.78, 5) is 38.3. The van der Waals surface area contributed by atoms with Crippen LogP contribution in [-0.2, 0) is 25.7 Å². The van der Waals surface area contributed by atoms with Crippen molar-refractivity contribution in [1.29, 1.82) is 0 Å². The SMILES string of the molecule is Cc1cccc(C(C)C)c1NC(=O)COC(=O)[C@H]1CC(=O)N(Cc2ccco2)C1. The van der Waals surface area contributed by atoms with Gasteiger partial charge in [-0.05, 0) is 36.1 Å². The Bertz CT molecular complexity index is 889. The molecule has 2 aromatic rings. The van der Waals surface area contributed by atoms with Crippen molar-refractivity contribution in [3.63, 3.8) is 0 Å². The number of furan rings is 1. The largest absolute Gasteiger partial charge is 0.467 e. The Morgan fingerprint density at radius 3 is 2.76 bits per heavy atom. The lowest BCUT2D eigenvalue weighted by atomic mass is 9.98. The molecule has 1 aliphatic heterocycles. The van der Waals surface area contributed by atoms with Crippen LogP contribution in [0.2, 0.25) is 0 Å². The number of benzene rings is 1. The van der Waals surface area contributed by atoms with Crippen LogP contribution in [-0.4, -0.2) is 35.8 Å². The van der Waals surface area contributed by atoms with Gasteiger partial charge in [-0.3, -0.25) is 14.4 Å². The molecule has 1 aromatic heterocycles. The molecule has 29 heavy (non-hydrogen) atoms. The molecule has 1 aromatic carbocycles. The van der Waals surface area contributed by atoms with E-state index in [0.717, 1.165) is 16.8 Å². The number of rotatable bonds is 7. The van der Waals surface area contributed by atoms with Gasteiger partial charge < -0.3 is 19.4 Å². The molecular weight excluding hydrogens is 372 g/mol. The summed E-state index contributed by atoms with van der Waals surface area (Å²) in [5, 5.41) is 2.85. The minimum atomic E-state index is -0.574. The standard InChI is InChI=1S/C22H26N2O5/c1-14(2)18-8-4-6-15(3)21(18)23-19(25)13-29-22(27)16-10-20(26)24(11-16)12-17-7-5-9-28-17/h4-9,14,16H,10-13H2,1-3H3,(H,23,25)/t16-/m0/s1. The Hall–Kier alpha value is -3.09. The van der Waals surface area contributed by atoms with E-state index in [1.165, 1.54) is 0 Å². The van der Waals surface area contributed by atoms with Crippen molar-refractivity contribution in [2.45, 2.75) is 39.7 Å². The number of aryl methyl sites for hydroxylation is 1. The van der Waals surface area contributed by atoms with Crippen molar-refractivity contribution >= 4 is 23.5 Å². The van der Waals surface area contributed by atoms with Gasteiger partial charge in [-0.15, -0.1) is 0 Å². The molecule has 2 amide bonds. The highest BCUT2D eigenvalue weighted by Crippen LogP contribution is 2.27. The Balaban J connectivity index is 1.52. The number of esters is 1. The van der Waals surface area contributed by atoms with Gasteiger partial charge in [0.05, 0.1) is 18.7 Å². The van der Waals surface area contributed by atoms with Gasteiger partial charge in [-0.2, -0.15) is 0 Å². The molecule has 3 rings (SSSR count). The van der Waals surface area contributed by atoms with Gasteiger partial charge in [0.25, 0.3) is 5.91 Å². The molecule has 2 heterocycles. The first-order valence-electron chi connectivity index (χ1n) is 9.71. The highest BCUT2D eigenvalue weighted by molar-refractivity contribution is 5.95. The van der Waals surface area contributed by atoms with Crippen molar-refractivity contribution in [2.24, 2.45) is 5.92 Å². The zero-order chi connectivity index (χ0) is 21.0. The van der Waals surface area contributed by atoms with Crippen LogP contribution < -0.4 is 5.32 Å². The van der Waals surface area contributed by atoms with Gasteiger partial charge in [-0.25, -0.2) is 0 Å². The summed E-state index contributed by atoms with van der Waals surface area (Å²) in [7, 11) is 0. The second-order valence-corrected chi connectivity index (χ2v) is 7.60. The number of carbonyl (C=O) groups excluding carboxylic acids is 3. The normalized spacial score (nSPS) is 16.3. The summed E-state index contributed by atoms with van der Waals surface area (Å²) in [5.74, 6) is -0.733. The van der Waals surface area contributed by atoms with Crippen LogP contribution in [0.3, 0.4) is 0 Å². The van der Waals surface area contributed by atoms with Crippen LogP contribution in [0.15, 0.2) is 41.0 Å². The minimum absolute atomic E-state index is 0.0798. The van der Waals surface area contributed by atoms with E-state index >= 15 is 0 Å². The quantitative estimate of drug-likeness (QED) is 0.724. The lowest BCUT2D eigenvalue weighted by molar-refractivity contribution is -0.151. The lowest BCUT2D eigenvalue weighted by Crippen LogP contribution is -2.28. The Labute approximate surface area is 170 Å². The molecule has 0 saturated carbocycles. The fraction of sp³-hybridized carbons (Fsp3) is 0.409. The highest BCUT2D eigenvalue weighted by atomic mass is 16.5. The van der Waals surface area contributed by atoms with E-state index in [-0.39, 0.29) is 31.4 Å². The molecular formula is C22H26N2O5. The van der Waals surface area contributed by atoms with Crippen molar-refractivity contribution < 1.29 is 23.5 Å². The molecule has 7 heteroatoms. The zero-order valence-electron chi connectivity index (χ0n) is 16.9. The molecule has 1 N–H and O–H groups in total. The topological polar surface area (TPSA) is 88.8 Å². The average molecular weight is 398 g/mol. The maximum atomic E-state index is 12.3. The molecule has 0 unspecified atom stereocenters. The maximum absolute atomic E-state index is 12.3. The third-order valence-corrected chi connectivity index (χ3v) is 5.01. The first-order chi connectivity index (χ1) is 13.8. The minimum Gasteiger partial charge on any atom is -0.467 e.